The van der Waals surface area contributed by atoms with E-state index in [1.54, 1.807) is 13.8 Å². The van der Waals surface area contributed by atoms with Crippen molar-refractivity contribution in [2.24, 2.45) is 0 Å². The number of ether oxygens (including phenoxy) is 2. The molecule has 6 nitrogen and oxygen atoms in total. The van der Waals surface area contributed by atoms with Crippen molar-refractivity contribution in [1.29, 1.82) is 0 Å². The first-order valence-electron chi connectivity index (χ1n) is 8.85. The number of rotatable bonds is 6. The molecule has 0 radical (unpaired) electrons. The van der Waals surface area contributed by atoms with Gasteiger partial charge in [0.25, 0.3) is 0 Å². The Hall–Kier alpha value is -3.15. The average Bonchev–Trinajstić information content (AvgIpc) is 2.60. The number of carbonyl (C=O) groups excluding carboxylic acids is 3. The second-order valence-electron chi connectivity index (χ2n) is 6.99. The first-order valence-corrected chi connectivity index (χ1v) is 8.85. The molecule has 6 heteroatoms. The Balaban J connectivity index is 2.64. The van der Waals surface area contributed by atoms with Crippen LogP contribution in [0.3, 0.4) is 0 Å². The van der Waals surface area contributed by atoms with Crippen molar-refractivity contribution >= 4 is 17.5 Å². The van der Waals surface area contributed by atoms with Crippen LogP contribution in [-0.2, 0) is 9.53 Å². The van der Waals surface area contributed by atoms with Crippen LogP contribution in [0.2, 0.25) is 0 Å². The highest BCUT2D eigenvalue weighted by Crippen LogP contribution is 2.41. The van der Waals surface area contributed by atoms with Crippen LogP contribution < -0.4 is 4.74 Å². The van der Waals surface area contributed by atoms with Crippen molar-refractivity contribution in [3.8, 4) is 11.5 Å². The molecule has 0 heterocycles. The molecule has 28 heavy (non-hydrogen) atoms. The Bertz CT molecular complexity index is 909. The van der Waals surface area contributed by atoms with E-state index in [0.29, 0.717) is 12.0 Å². The van der Waals surface area contributed by atoms with Crippen LogP contribution in [0, 0.1) is 0 Å². The van der Waals surface area contributed by atoms with Crippen LogP contribution in [0.25, 0.3) is 0 Å². The smallest absolute Gasteiger partial charge is 0.331 e. The lowest BCUT2D eigenvalue weighted by atomic mass is 9.88. The van der Waals surface area contributed by atoms with Crippen LogP contribution in [0.4, 0.5) is 0 Å². The molecule has 0 saturated heterocycles. The molecule has 0 bridgehead atoms. The summed E-state index contributed by atoms with van der Waals surface area (Å²) in [5.74, 6) is -1.73. The van der Waals surface area contributed by atoms with Gasteiger partial charge >= 0.3 is 5.97 Å². The lowest BCUT2D eigenvalue weighted by Gasteiger charge is -2.23. The molecule has 0 aliphatic heterocycles. The van der Waals surface area contributed by atoms with Gasteiger partial charge in [0, 0.05) is 18.1 Å². The number of fused-ring (bicyclic) bond motifs is 1. The second kappa shape index (κ2) is 8.69. The third-order valence-corrected chi connectivity index (χ3v) is 4.12. The van der Waals surface area contributed by atoms with Gasteiger partial charge in [-0.3, -0.25) is 9.59 Å². The minimum atomic E-state index is -0.807. The molecule has 1 atom stereocenters. The molecule has 0 fully saturated rings. The Morgan fingerprint density at radius 2 is 1.68 bits per heavy atom. The molecule has 0 amide bonds. The Morgan fingerprint density at radius 1 is 1.07 bits per heavy atom. The topological polar surface area (TPSA) is 89.9 Å². The Kier molecular flexibility index (Phi) is 6.57. The molecule has 1 aromatic rings. The molecule has 0 unspecified atom stereocenters. The van der Waals surface area contributed by atoms with Crippen LogP contribution in [-0.4, -0.2) is 29.8 Å². The van der Waals surface area contributed by atoms with Gasteiger partial charge in [0.05, 0.1) is 18.2 Å². The van der Waals surface area contributed by atoms with E-state index in [0.717, 1.165) is 23.3 Å². The van der Waals surface area contributed by atoms with Gasteiger partial charge in [0.15, 0.2) is 11.6 Å². The summed E-state index contributed by atoms with van der Waals surface area (Å²) in [6.45, 7) is 7.36. The van der Waals surface area contributed by atoms with Crippen LogP contribution in [0.15, 0.2) is 41.5 Å². The van der Waals surface area contributed by atoms with E-state index < -0.39 is 23.6 Å². The third kappa shape index (κ3) is 4.57. The molecule has 1 aliphatic carbocycles. The normalized spacial score (nSPS) is 13.5. The highest BCUT2D eigenvalue weighted by molar-refractivity contribution is 6.24. The molecule has 1 aliphatic rings. The summed E-state index contributed by atoms with van der Waals surface area (Å²) in [5.41, 5.74) is 1.98. The fraction of sp³-hybridized carbons (Fsp3) is 0.318. The minimum absolute atomic E-state index is 0.0227. The highest BCUT2D eigenvalue weighted by Gasteiger charge is 2.32. The van der Waals surface area contributed by atoms with Crippen molar-refractivity contribution in [3.05, 3.63) is 58.2 Å². The van der Waals surface area contributed by atoms with E-state index in [1.807, 2.05) is 19.9 Å². The summed E-state index contributed by atoms with van der Waals surface area (Å²) < 4.78 is 11.0. The number of ketones is 2. The summed E-state index contributed by atoms with van der Waals surface area (Å²) >= 11 is 0. The number of phenols is 1. The SMILES string of the molecule is COc1c([C@@H](CC=C(C)C)OC(=O)C=C(C)C)cc(O)c2c1C(=O)C=CC2=O. The number of methoxy groups -OCH3 is 1. The van der Waals surface area contributed by atoms with Gasteiger partial charge in [-0.15, -0.1) is 0 Å². The zero-order valence-electron chi connectivity index (χ0n) is 16.7. The standard InChI is InChI=1S/C22H24O6/c1-12(2)6-9-18(28-19(26)10-13(3)4)14-11-17(25)20-15(23)7-8-16(24)21(20)22(14)27-5/h6-8,10-11,18,25H,9H2,1-5H3/t18-/m1/s1. The van der Waals surface area contributed by atoms with Crippen LogP contribution in [0.1, 0.15) is 66.5 Å². The number of allylic oxidation sites excluding steroid dienone is 4. The maximum absolute atomic E-state index is 12.4. The van der Waals surface area contributed by atoms with Gasteiger partial charge in [-0.25, -0.2) is 4.79 Å². The monoisotopic (exact) mass is 384 g/mol. The maximum Gasteiger partial charge on any atom is 0.331 e. The molecule has 148 valence electrons. The molecule has 1 N–H and O–H groups in total. The van der Waals surface area contributed by atoms with E-state index in [-0.39, 0.29) is 22.6 Å². The van der Waals surface area contributed by atoms with E-state index in [1.165, 1.54) is 19.3 Å². The summed E-state index contributed by atoms with van der Waals surface area (Å²) in [6, 6.07) is 1.32. The van der Waals surface area contributed by atoms with Crippen molar-refractivity contribution in [3.63, 3.8) is 0 Å². The summed E-state index contributed by atoms with van der Waals surface area (Å²) in [5, 5.41) is 10.4. The number of hydrogen-bond acceptors (Lipinski definition) is 6. The van der Waals surface area contributed by atoms with E-state index in [9.17, 15) is 19.5 Å². The Labute approximate surface area is 164 Å². The van der Waals surface area contributed by atoms with E-state index in [4.69, 9.17) is 9.47 Å². The number of esters is 1. The maximum atomic E-state index is 12.4. The number of carbonyl (C=O) groups is 3. The lowest BCUT2D eigenvalue weighted by Crippen LogP contribution is -2.17. The summed E-state index contributed by atoms with van der Waals surface area (Å²) in [6.07, 6.45) is 4.99. The van der Waals surface area contributed by atoms with E-state index in [2.05, 4.69) is 0 Å². The van der Waals surface area contributed by atoms with Gasteiger partial charge in [0.1, 0.15) is 17.6 Å². The molecule has 1 aromatic carbocycles. The van der Waals surface area contributed by atoms with Crippen LogP contribution >= 0.6 is 0 Å². The predicted octanol–water partition coefficient (Wildman–Crippen LogP) is 4.24. The zero-order valence-corrected chi connectivity index (χ0v) is 16.7. The molecule has 0 spiro atoms. The molecule has 0 aromatic heterocycles. The van der Waals surface area contributed by atoms with Gasteiger partial charge in [0.2, 0.25) is 0 Å². The number of aromatic hydroxyl groups is 1. The van der Waals surface area contributed by atoms with Gasteiger partial charge in [-0.1, -0.05) is 17.2 Å². The summed E-state index contributed by atoms with van der Waals surface area (Å²) in [4.78, 5) is 36.8. The fourth-order valence-electron chi connectivity index (χ4n) is 2.92. The van der Waals surface area contributed by atoms with Gasteiger partial charge in [-0.2, -0.15) is 0 Å². The molecule has 2 rings (SSSR count). The molecular formula is C22H24O6. The zero-order chi connectivity index (χ0) is 21.0. The second-order valence-corrected chi connectivity index (χ2v) is 6.99. The quantitative estimate of drug-likeness (QED) is 0.448. The van der Waals surface area contributed by atoms with Crippen molar-refractivity contribution < 1.29 is 29.0 Å². The number of benzene rings is 1. The fourth-order valence-corrected chi connectivity index (χ4v) is 2.92. The lowest BCUT2D eigenvalue weighted by molar-refractivity contribution is -0.143. The van der Waals surface area contributed by atoms with Crippen molar-refractivity contribution in [2.75, 3.05) is 7.11 Å². The van der Waals surface area contributed by atoms with Crippen molar-refractivity contribution in [2.45, 2.75) is 40.2 Å². The highest BCUT2D eigenvalue weighted by atomic mass is 16.5. The first-order chi connectivity index (χ1) is 13.1. The van der Waals surface area contributed by atoms with Crippen LogP contribution in [0.5, 0.6) is 11.5 Å². The Morgan fingerprint density at radius 3 is 2.21 bits per heavy atom. The number of hydrogen-bond donors (Lipinski definition) is 1. The minimum Gasteiger partial charge on any atom is -0.507 e. The predicted molar refractivity (Wildman–Crippen MR) is 105 cm³/mol. The third-order valence-electron chi connectivity index (χ3n) is 4.12. The van der Waals surface area contributed by atoms with E-state index >= 15 is 0 Å². The van der Waals surface area contributed by atoms with Gasteiger partial charge in [-0.05, 0) is 45.9 Å². The molecular weight excluding hydrogens is 360 g/mol. The van der Waals surface area contributed by atoms with Crippen molar-refractivity contribution in [1.82, 2.24) is 0 Å². The first kappa shape index (κ1) is 21.2. The average molecular weight is 384 g/mol. The van der Waals surface area contributed by atoms with Gasteiger partial charge < -0.3 is 14.6 Å². The largest absolute Gasteiger partial charge is 0.507 e. The molecule has 0 saturated carbocycles. The summed E-state index contributed by atoms with van der Waals surface area (Å²) in [7, 11) is 1.36. The number of phenolic OH excluding ortho intramolecular Hbond substituents is 1.